The van der Waals surface area contributed by atoms with Crippen LogP contribution in [0, 0.1) is 0 Å². The fourth-order valence-corrected chi connectivity index (χ4v) is 72.3. The van der Waals surface area contributed by atoms with E-state index in [1.165, 1.54) is 183 Å². The highest BCUT2D eigenvalue weighted by Gasteiger charge is 2.43. The van der Waals surface area contributed by atoms with Gasteiger partial charge in [-0.3, -0.25) is 0 Å². The van der Waals surface area contributed by atoms with E-state index in [9.17, 15) is 0 Å². The van der Waals surface area contributed by atoms with Crippen LogP contribution in [0.2, 0.25) is 133 Å². The monoisotopic (exact) mass is 2180 g/mol. The molecule has 6 nitrogen and oxygen atoms in total. The van der Waals surface area contributed by atoms with Gasteiger partial charge in [-0.2, -0.15) is 0 Å². The van der Waals surface area contributed by atoms with Crippen molar-refractivity contribution in [3.63, 3.8) is 0 Å². The second-order valence-corrected chi connectivity index (χ2v) is 81.2. The zero-order valence-electron chi connectivity index (χ0n) is 80.5. The van der Waals surface area contributed by atoms with Crippen LogP contribution >= 0.6 is 56.7 Å². The first-order chi connectivity index (χ1) is 60.2. The highest BCUT2D eigenvalue weighted by atomic mass is 32.1. The summed E-state index contributed by atoms with van der Waals surface area (Å²) < 4.78 is 29.2. The van der Waals surface area contributed by atoms with Crippen molar-refractivity contribution in [3.05, 3.63) is 197 Å². The normalized spacial score (nSPS) is 16.7. The van der Waals surface area contributed by atoms with Crippen molar-refractivity contribution in [2.45, 2.75) is 359 Å². The van der Waals surface area contributed by atoms with Gasteiger partial charge < -0.3 is 0 Å². The van der Waals surface area contributed by atoms with Gasteiger partial charge in [0.1, 0.15) is 65.8 Å². The maximum atomic E-state index is 2.60. The van der Waals surface area contributed by atoms with Crippen molar-refractivity contribution in [3.8, 4) is 0 Å². The molecule has 0 bridgehead atoms. The van der Waals surface area contributed by atoms with Crippen LogP contribution in [-0.4, -0.2) is 76.3 Å². The summed E-state index contributed by atoms with van der Waals surface area (Å²) >= 11 is 10.2. The van der Waals surface area contributed by atoms with Crippen LogP contribution in [0.4, 0.5) is 0 Å². The molecule has 5 unspecified atom stereocenters. The molecule has 17 aromatic rings. The molecule has 11 aromatic heterocycles. The molecular weight excluding hydrogens is 1970 g/mol. The summed E-state index contributed by atoms with van der Waals surface area (Å²) in [5.41, 5.74) is 15.4. The maximum Gasteiger partial charge on any atom is 0.198 e. The molecule has 6 aliphatic rings. The van der Waals surface area contributed by atoms with Crippen LogP contribution in [0.25, 0.3) is 112 Å². The van der Waals surface area contributed by atoms with Gasteiger partial charge in [0.2, 0.25) is 0 Å². The lowest BCUT2D eigenvalue weighted by atomic mass is 10.1. The summed E-state index contributed by atoms with van der Waals surface area (Å²) in [6.07, 6.45) is 24.0. The number of aromatic nitrogens is 6. The minimum absolute atomic E-state index is 0. The Morgan fingerprint density at radius 2 is 0.601 bits per heavy atom. The quantitative estimate of drug-likeness (QED) is 0.117. The van der Waals surface area contributed by atoms with E-state index in [-0.39, 0.29) is 126 Å². The largest absolute Gasteiger partial charge is 0.205 e. The fraction of sp³-hybridized carbons (Fsp3) is 0.480. The summed E-state index contributed by atoms with van der Waals surface area (Å²) in [4.78, 5) is 0. The molecule has 0 fully saturated rings. The van der Waals surface area contributed by atoms with Crippen molar-refractivity contribution >= 4 is 291 Å². The van der Waals surface area contributed by atoms with Crippen molar-refractivity contribution in [1.82, 2.24) is 0 Å². The van der Waals surface area contributed by atoms with Crippen LogP contribution in [0.1, 0.15) is 219 Å². The average Bonchev–Trinajstić information content (AvgIpc) is 1.57. The number of pyridine rings is 6. The highest BCUT2D eigenvalue weighted by Crippen LogP contribution is 2.44. The average molecular weight is 2180 g/mol. The number of benzene rings is 6. The predicted octanol–water partition coefficient (Wildman–Crippen LogP) is 29.5. The van der Waals surface area contributed by atoms with Crippen LogP contribution < -0.4 is 74.1 Å². The minimum Gasteiger partial charge on any atom is -0.205 e. The Labute approximate surface area is 908 Å². The molecule has 23 rings (SSSR count). The maximum absolute atomic E-state index is 2.60. The standard InChI is InChI=1S/C20H28NSSi2.C18H22NSSi.C17H22NSSi2.2C17H20NSSi.C17H26NSi2.17CH4/c1-7-16-18-15(10-11-21(16)2)14-8-9-17-20(19(14)22-18)24(5,6)13-12-23(17,3)4;1-5-15-18-13(6-8-19(15)2)14-11-17-12(10-16(14)20-18)7-9-21(17,3)4;1-5-13-15-12(8-9-18(13)2)11-6-7-14-17(16(11)19-15)21(4)10-20(14)3;1-4-14-17-12(7-9-18(14)2)11-5-6-15-13(16(11)19-17)8-10-20(15)3;1-4-14-15-13(7-9-18(14)2)12-6-5-11-8-10-20(3)17(11)16(12)19-15;1-6-15-13-7-8-16-17(14(13)9-10-18(15)2)20(4,5)12-11-19(16)3;;;;;;;;;;;;;;;;;/h8-11H,7,12-13H2,1-6H3;6,8,10-11H,5,7,9H2,1-4H3;6-9,20-21H,5,10H2,1-4H3;2*5-7,9,20H,4,8,10H2,1-3H3;7-10,19H,6,11-12H2,1-5H3;17*1H4/q6*+1;;;;;;;;;;;;;;;;;. The summed E-state index contributed by atoms with van der Waals surface area (Å²) in [6, 6.07) is 53.6. The van der Waals surface area contributed by atoms with Crippen LogP contribution in [0.15, 0.2) is 146 Å². The molecule has 6 aliphatic heterocycles. The molecule has 6 aromatic carbocycles. The Kier molecular flexibility index (Phi) is 49.2. The smallest absolute Gasteiger partial charge is 0.198 e. The van der Waals surface area contributed by atoms with E-state index >= 15 is 0 Å². The van der Waals surface area contributed by atoms with E-state index in [2.05, 4.69) is 377 Å². The van der Waals surface area contributed by atoms with Crippen molar-refractivity contribution in [1.29, 1.82) is 0 Å². The van der Waals surface area contributed by atoms with E-state index in [4.69, 9.17) is 0 Å². The molecular formula is C123H206N6S5Si9+6. The number of thiophene rings is 5. The van der Waals surface area contributed by atoms with E-state index in [1.807, 2.05) is 33.0 Å². The lowest BCUT2D eigenvalue weighted by Crippen LogP contribution is -2.63. The van der Waals surface area contributed by atoms with Gasteiger partial charge in [-0.15, -0.1) is 56.7 Å². The lowest BCUT2D eigenvalue weighted by molar-refractivity contribution is -0.677. The Morgan fingerprint density at radius 3 is 1.08 bits per heavy atom. The zero-order valence-corrected chi connectivity index (χ0v) is 94.3. The van der Waals surface area contributed by atoms with Crippen LogP contribution in [-0.2, 0) is 100 Å². The summed E-state index contributed by atoms with van der Waals surface area (Å²) in [5, 5.41) is 33.9. The van der Waals surface area contributed by atoms with Gasteiger partial charge in [0.25, 0.3) is 0 Å². The molecule has 143 heavy (non-hydrogen) atoms. The topological polar surface area (TPSA) is 23.3 Å². The Bertz CT molecular complexity index is 7270. The van der Waals surface area contributed by atoms with Gasteiger partial charge in [0.15, 0.2) is 71.3 Å². The van der Waals surface area contributed by atoms with Gasteiger partial charge in [-0.1, -0.05) is 387 Å². The van der Waals surface area contributed by atoms with Crippen molar-refractivity contribution in [2.75, 3.05) is 0 Å². The first-order valence-electron chi connectivity index (χ1n) is 48.0. The van der Waals surface area contributed by atoms with E-state index < -0.39 is 76.3 Å². The fourth-order valence-electron chi connectivity index (χ4n) is 24.0. The Hall–Kier alpha value is -6.47. The number of hydrogen-bond acceptors (Lipinski definition) is 5. The first kappa shape index (κ1) is 135. The van der Waals surface area contributed by atoms with Gasteiger partial charge in [0.05, 0.1) is 76.3 Å². The number of aryl methyl sites for hydroxylation is 15. The molecule has 788 valence electrons. The van der Waals surface area contributed by atoms with Crippen molar-refractivity contribution in [2.24, 2.45) is 42.3 Å². The minimum atomic E-state index is -1.33. The van der Waals surface area contributed by atoms with Gasteiger partial charge >= 0.3 is 0 Å². The molecule has 0 aliphatic carbocycles. The summed E-state index contributed by atoms with van der Waals surface area (Å²) in [7, 11) is 4.73. The number of hydrogen-bond donors (Lipinski definition) is 0. The number of rotatable bonds is 6. The molecule has 5 atom stereocenters. The molecule has 0 saturated heterocycles. The third kappa shape index (κ3) is 23.4. The van der Waals surface area contributed by atoms with Crippen LogP contribution in [0.5, 0.6) is 0 Å². The highest BCUT2D eigenvalue weighted by molar-refractivity contribution is 7.30. The third-order valence-electron chi connectivity index (χ3n) is 31.5. The molecule has 0 N–H and O–H groups in total. The number of fused-ring (bicyclic) bond motifs is 27. The summed E-state index contributed by atoms with van der Waals surface area (Å²) in [5.74, 6) is 0. The Morgan fingerprint density at radius 1 is 0.252 bits per heavy atom. The third-order valence-corrected chi connectivity index (χ3v) is 71.2. The van der Waals surface area contributed by atoms with Gasteiger partial charge in [-0.25, -0.2) is 27.4 Å². The second kappa shape index (κ2) is 52.3. The molecule has 17 heterocycles. The zero-order chi connectivity index (χ0) is 89.0. The van der Waals surface area contributed by atoms with E-state index in [0.29, 0.717) is 0 Å². The van der Waals surface area contributed by atoms with E-state index in [0.717, 1.165) is 38.5 Å². The van der Waals surface area contributed by atoms with Crippen LogP contribution in [0.3, 0.4) is 0 Å². The SMILES string of the molecule is C.C.C.C.C.C.C.C.C.C.C.C.C.C.C.C.C.CCc1c2ccc3c(c2cc[n+]1C)[Si](C)(C)CC[SiH]3C.CCc1c2sc3c4c(ccc3c2cc[n+]1C)CC[SiH]4C.CCc1c2sc3c4c(ccc3c2cc[n+]1C)[SiH](C)CC4.CCc1c2sc3c4c(ccc3c2cc[n+]1C)[SiH](C)C[SiH]4C.CCc1c2sc3c4c(ccc3c2cc[n+]1C)[Si](C)(C)CC[Si]4(C)C.CCc1c2sc3cc4c(cc3c2cc[n+]1C)[Si](C)(C)CC4. The number of nitrogens with zero attached hydrogens (tertiary/aromatic N) is 6. The second-order valence-electron chi connectivity index (χ2n) is 41.3. The molecule has 0 saturated carbocycles. The van der Waals surface area contributed by atoms with Gasteiger partial charge in [0, 0.05) is 158 Å². The van der Waals surface area contributed by atoms with Gasteiger partial charge in [-0.05, 0) is 75.1 Å². The lowest BCUT2D eigenvalue weighted by Gasteiger charge is -2.39. The molecule has 20 heteroatoms. The molecule has 0 radical (unpaired) electrons. The predicted molar refractivity (Wildman–Crippen MR) is 700 cm³/mol. The summed E-state index contributed by atoms with van der Waals surface area (Å²) in [6.45, 7) is 46.8. The molecule has 0 amide bonds. The van der Waals surface area contributed by atoms with E-state index in [1.54, 1.807) is 82.9 Å². The first-order valence-corrected chi connectivity index (χ1v) is 77.7. The van der Waals surface area contributed by atoms with Crippen molar-refractivity contribution < 1.29 is 27.4 Å². The Balaban J connectivity index is 0.000000839. The molecule has 0 spiro atoms.